The summed E-state index contributed by atoms with van der Waals surface area (Å²) >= 11 is 0. The molecule has 1 aliphatic carbocycles. The lowest BCUT2D eigenvalue weighted by molar-refractivity contribution is -0.301. The number of hydrogen-bond donors (Lipinski definition) is 3. The number of aliphatic hydroxyl groups is 2. The lowest BCUT2D eigenvalue weighted by Crippen LogP contribution is -2.24. The molecule has 2 atom stereocenters. The van der Waals surface area contributed by atoms with Crippen LogP contribution in [-0.2, 0) is 16.0 Å². The number of nitrogens with two attached hydrogens (primary N) is 1. The Hall–Kier alpha value is -2.97. The van der Waals surface area contributed by atoms with Crippen molar-refractivity contribution in [3.8, 4) is 0 Å². The van der Waals surface area contributed by atoms with Crippen LogP contribution in [0.4, 0.5) is 5.69 Å². The van der Waals surface area contributed by atoms with E-state index in [-0.39, 0.29) is 0 Å². The van der Waals surface area contributed by atoms with Crippen LogP contribution >= 0.6 is 0 Å². The maximum absolute atomic E-state index is 9.99. The maximum atomic E-state index is 9.99. The van der Waals surface area contributed by atoms with Crippen LogP contribution in [0.25, 0.3) is 10.9 Å². The Morgan fingerprint density at radius 2 is 1.76 bits per heavy atom. The van der Waals surface area contributed by atoms with Crippen LogP contribution < -0.4 is 15.9 Å². The number of aliphatic hydroxyl groups excluding tert-OH is 2. The van der Waals surface area contributed by atoms with Gasteiger partial charge in [0.2, 0.25) is 0 Å². The van der Waals surface area contributed by atoms with Gasteiger partial charge in [-0.1, -0.05) is 18.2 Å². The van der Waals surface area contributed by atoms with E-state index in [1.165, 1.54) is 0 Å². The molecule has 0 saturated carbocycles. The number of carboxylic acids is 2. The van der Waals surface area contributed by atoms with Crippen LogP contribution in [0.3, 0.4) is 0 Å². The Bertz CT molecular complexity index is 817. The SMILES string of the molecule is Nc1c2c(nc3ccccc13)CC(O)CC2O.O=C([O-])/C=C\C(=O)[O-]. The minimum absolute atomic E-state index is 0.331. The number of rotatable bonds is 2. The normalized spacial score (nSPS) is 19.1. The molecule has 0 radical (unpaired) electrons. The first-order chi connectivity index (χ1) is 11.8. The van der Waals surface area contributed by atoms with E-state index in [0.717, 1.165) is 10.9 Å². The van der Waals surface area contributed by atoms with Crippen molar-refractivity contribution in [1.82, 2.24) is 4.98 Å². The van der Waals surface area contributed by atoms with Crippen LogP contribution in [0.2, 0.25) is 0 Å². The smallest absolute Gasteiger partial charge is 0.0852 e. The second-order valence-corrected chi connectivity index (χ2v) is 5.48. The van der Waals surface area contributed by atoms with Crippen LogP contribution in [0.1, 0.15) is 23.8 Å². The van der Waals surface area contributed by atoms with Crippen molar-refractivity contribution in [2.75, 3.05) is 5.73 Å². The molecule has 0 amide bonds. The number of pyridine rings is 1. The first-order valence-corrected chi connectivity index (χ1v) is 7.42. The molecular weight excluding hydrogens is 328 g/mol. The molecule has 2 unspecified atom stereocenters. The number of anilines is 1. The van der Waals surface area contributed by atoms with Crippen molar-refractivity contribution in [2.45, 2.75) is 25.0 Å². The Labute approximate surface area is 142 Å². The molecule has 0 bridgehead atoms. The Balaban J connectivity index is 0.000000242. The van der Waals surface area contributed by atoms with Crippen molar-refractivity contribution in [1.29, 1.82) is 0 Å². The first kappa shape index (κ1) is 18.4. The van der Waals surface area contributed by atoms with E-state index in [0.29, 0.717) is 41.9 Å². The van der Waals surface area contributed by atoms with Gasteiger partial charge in [0.15, 0.2) is 0 Å². The summed E-state index contributed by atoms with van der Waals surface area (Å²) in [5.41, 5.74) is 8.90. The van der Waals surface area contributed by atoms with Crippen molar-refractivity contribution < 1.29 is 30.0 Å². The number of benzene rings is 1. The highest BCUT2D eigenvalue weighted by molar-refractivity contribution is 5.92. The molecule has 0 saturated heterocycles. The molecule has 1 aliphatic rings. The summed E-state index contributed by atoms with van der Waals surface area (Å²) in [6, 6.07) is 7.59. The van der Waals surface area contributed by atoms with Gasteiger partial charge in [-0.2, -0.15) is 0 Å². The third-order valence-corrected chi connectivity index (χ3v) is 3.66. The molecule has 25 heavy (non-hydrogen) atoms. The quantitative estimate of drug-likeness (QED) is 0.538. The third kappa shape index (κ3) is 4.52. The van der Waals surface area contributed by atoms with E-state index in [1.807, 2.05) is 24.3 Å². The number of carbonyl (C=O) groups is 2. The van der Waals surface area contributed by atoms with Crippen molar-refractivity contribution in [3.63, 3.8) is 0 Å². The summed E-state index contributed by atoms with van der Waals surface area (Å²) in [6.45, 7) is 0. The van der Waals surface area contributed by atoms with E-state index >= 15 is 0 Å². The van der Waals surface area contributed by atoms with E-state index in [2.05, 4.69) is 4.98 Å². The van der Waals surface area contributed by atoms with Crippen molar-refractivity contribution in [3.05, 3.63) is 47.7 Å². The highest BCUT2D eigenvalue weighted by Gasteiger charge is 2.28. The predicted octanol–water partition coefficient (Wildman–Crippen LogP) is -1.80. The molecule has 4 N–H and O–H groups in total. The molecule has 2 aromatic rings. The molecule has 1 aromatic heterocycles. The number of carboxylic acid groups (broad SMARTS) is 2. The monoisotopic (exact) mass is 344 g/mol. The highest BCUT2D eigenvalue weighted by Crippen LogP contribution is 2.36. The van der Waals surface area contributed by atoms with Crippen LogP contribution in [-0.4, -0.2) is 33.2 Å². The largest absolute Gasteiger partial charge is 0.545 e. The minimum Gasteiger partial charge on any atom is -0.545 e. The minimum atomic E-state index is -1.55. The zero-order valence-corrected chi connectivity index (χ0v) is 13.1. The molecule has 3 rings (SSSR count). The molecule has 8 heteroatoms. The number of para-hydroxylation sites is 1. The molecule has 0 spiro atoms. The number of aromatic nitrogens is 1. The van der Waals surface area contributed by atoms with Crippen LogP contribution in [0, 0.1) is 0 Å². The second kappa shape index (κ2) is 7.73. The van der Waals surface area contributed by atoms with Gasteiger partial charge in [-0.25, -0.2) is 0 Å². The topological polar surface area (TPSA) is 160 Å². The second-order valence-electron chi connectivity index (χ2n) is 5.48. The van der Waals surface area contributed by atoms with Gasteiger partial charge in [0.1, 0.15) is 0 Å². The van der Waals surface area contributed by atoms with Crippen molar-refractivity contribution >= 4 is 28.5 Å². The Morgan fingerprint density at radius 1 is 1.16 bits per heavy atom. The lowest BCUT2D eigenvalue weighted by Gasteiger charge is -2.26. The highest BCUT2D eigenvalue weighted by atomic mass is 16.4. The number of nitrogen functional groups attached to an aromatic ring is 1. The van der Waals surface area contributed by atoms with Gasteiger partial charge in [-0.05, 0) is 18.2 Å². The fraction of sp³-hybridized carbons (Fsp3) is 0.235. The summed E-state index contributed by atoms with van der Waals surface area (Å²) in [4.78, 5) is 23.3. The molecule has 8 nitrogen and oxygen atoms in total. The number of aliphatic carboxylic acids is 2. The summed E-state index contributed by atoms with van der Waals surface area (Å²) < 4.78 is 0. The number of hydrogen-bond acceptors (Lipinski definition) is 8. The van der Waals surface area contributed by atoms with Crippen LogP contribution in [0.15, 0.2) is 36.4 Å². The van der Waals surface area contributed by atoms with Gasteiger partial charge in [0.05, 0.1) is 35.4 Å². The summed E-state index contributed by atoms with van der Waals surface area (Å²) in [5.74, 6) is -3.09. The molecule has 0 fully saturated rings. The Morgan fingerprint density at radius 3 is 2.36 bits per heavy atom. The van der Waals surface area contributed by atoms with E-state index in [9.17, 15) is 30.0 Å². The van der Waals surface area contributed by atoms with Gasteiger partial charge in [0.25, 0.3) is 0 Å². The molecule has 0 aliphatic heterocycles. The van der Waals surface area contributed by atoms with Gasteiger partial charge in [0, 0.05) is 29.5 Å². The maximum Gasteiger partial charge on any atom is 0.0852 e. The predicted molar refractivity (Wildman–Crippen MR) is 84.6 cm³/mol. The molecule has 1 aromatic carbocycles. The first-order valence-electron chi connectivity index (χ1n) is 7.42. The third-order valence-electron chi connectivity index (χ3n) is 3.66. The van der Waals surface area contributed by atoms with E-state index < -0.39 is 24.1 Å². The molecule has 1 heterocycles. The molecule has 132 valence electrons. The zero-order valence-electron chi connectivity index (χ0n) is 13.1. The van der Waals surface area contributed by atoms with E-state index in [4.69, 9.17) is 5.73 Å². The van der Waals surface area contributed by atoms with Gasteiger partial charge in [-0.3, -0.25) is 4.98 Å². The van der Waals surface area contributed by atoms with Gasteiger partial charge < -0.3 is 35.7 Å². The average Bonchev–Trinajstić information content (AvgIpc) is 2.53. The molecular formula is C17H16N2O6-2. The average molecular weight is 344 g/mol. The van der Waals surface area contributed by atoms with E-state index in [1.54, 1.807) is 0 Å². The van der Waals surface area contributed by atoms with Gasteiger partial charge >= 0.3 is 0 Å². The number of fused-ring (bicyclic) bond motifs is 2. The fourth-order valence-electron chi connectivity index (χ4n) is 2.65. The summed E-state index contributed by atoms with van der Waals surface area (Å²) in [7, 11) is 0. The van der Waals surface area contributed by atoms with Crippen molar-refractivity contribution in [2.24, 2.45) is 0 Å². The lowest BCUT2D eigenvalue weighted by atomic mass is 9.89. The van der Waals surface area contributed by atoms with Crippen LogP contribution in [0.5, 0.6) is 0 Å². The summed E-state index contributed by atoms with van der Waals surface area (Å²) in [5, 5.41) is 39.3. The fourth-order valence-corrected chi connectivity index (χ4v) is 2.65. The standard InChI is InChI=1S/C13H14N2O2.C4H4O4/c14-13-8-3-1-2-4-9(8)15-10-5-7(16)6-11(17)12(10)13;5-3(6)1-2-4(7)8/h1-4,7,11,16-17H,5-6H2,(H2,14,15);1-2H,(H,5,6)(H,7,8)/p-2/b;2-1-. The van der Waals surface area contributed by atoms with Gasteiger partial charge in [-0.15, -0.1) is 0 Å². The number of nitrogens with zero attached hydrogens (tertiary/aromatic N) is 1. The number of carbonyl (C=O) groups excluding carboxylic acids is 2. The Kier molecular flexibility index (Phi) is 5.68. The summed E-state index contributed by atoms with van der Waals surface area (Å²) in [6.07, 6.45) is 0.306. The zero-order chi connectivity index (χ0) is 18.6.